The van der Waals surface area contributed by atoms with Crippen molar-refractivity contribution in [3.8, 4) is 0 Å². The molecule has 7 heteroatoms. The molecule has 0 aromatic carbocycles. The number of hydrogen-bond donors (Lipinski definition) is 2. The van der Waals surface area contributed by atoms with Gasteiger partial charge >= 0.3 is 0 Å². The summed E-state index contributed by atoms with van der Waals surface area (Å²) in [5.74, 6) is 0.654. The van der Waals surface area contributed by atoms with E-state index in [4.69, 9.17) is 16.3 Å². The fourth-order valence-corrected chi connectivity index (χ4v) is 1.69. The van der Waals surface area contributed by atoms with Crippen molar-refractivity contribution >= 4 is 28.6 Å². The van der Waals surface area contributed by atoms with Crippen molar-refractivity contribution in [1.29, 1.82) is 0 Å². The molecular formula is C11H16ClN5O. The third kappa shape index (κ3) is 3.30. The first-order chi connectivity index (χ1) is 8.81. The number of unbranched alkanes of at least 4 members (excludes halogenated alkanes) is 1. The molecule has 0 amide bonds. The third-order valence-electron chi connectivity index (χ3n) is 2.44. The Labute approximate surface area is 110 Å². The molecule has 0 saturated heterocycles. The molecule has 98 valence electrons. The second-order valence-corrected chi connectivity index (χ2v) is 4.17. The standard InChI is InChI=1S/C11H16ClN5O/c1-2-3-5-18-6-4-13-9-8-10(15-7-14-8)17-11(12)16-9/h7H,2-6H2,1H3,(H2,13,14,15,16,17). The summed E-state index contributed by atoms with van der Waals surface area (Å²) in [6.07, 6.45) is 3.80. The summed E-state index contributed by atoms with van der Waals surface area (Å²) in [7, 11) is 0. The molecule has 0 saturated carbocycles. The van der Waals surface area contributed by atoms with Crippen molar-refractivity contribution in [1.82, 2.24) is 19.9 Å². The van der Waals surface area contributed by atoms with E-state index in [2.05, 4.69) is 32.2 Å². The van der Waals surface area contributed by atoms with Crippen molar-refractivity contribution in [2.45, 2.75) is 19.8 Å². The second kappa shape index (κ2) is 6.51. The van der Waals surface area contributed by atoms with E-state index >= 15 is 0 Å². The van der Waals surface area contributed by atoms with Gasteiger partial charge in [0.05, 0.1) is 12.9 Å². The Kier molecular flexibility index (Phi) is 4.72. The average molecular weight is 270 g/mol. The van der Waals surface area contributed by atoms with Gasteiger partial charge in [-0.2, -0.15) is 9.97 Å². The van der Waals surface area contributed by atoms with Crippen LogP contribution in [0.3, 0.4) is 0 Å². The van der Waals surface area contributed by atoms with Gasteiger partial charge in [0, 0.05) is 13.2 Å². The number of H-pyrrole nitrogens is 1. The van der Waals surface area contributed by atoms with Crippen LogP contribution in [-0.2, 0) is 4.74 Å². The summed E-state index contributed by atoms with van der Waals surface area (Å²) < 4.78 is 5.45. The first-order valence-corrected chi connectivity index (χ1v) is 6.37. The zero-order valence-corrected chi connectivity index (χ0v) is 11.0. The van der Waals surface area contributed by atoms with E-state index < -0.39 is 0 Å². The number of fused-ring (bicyclic) bond motifs is 1. The number of imidazole rings is 1. The molecule has 2 aromatic heterocycles. The smallest absolute Gasteiger partial charge is 0.226 e. The monoisotopic (exact) mass is 269 g/mol. The zero-order chi connectivity index (χ0) is 12.8. The predicted molar refractivity (Wildman–Crippen MR) is 70.9 cm³/mol. The SMILES string of the molecule is CCCCOCCNc1nc(Cl)nc2nc[nH]c12. The summed E-state index contributed by atoms with van der Waals surface area (Å²) in [5, 5.41) is 3.34. The maximum absolute atomic E-state index is 5.81. The Morgan fingerprint density at radius 3 is 3.11 bits per heavy atom. The molecule has 0 spiro atoms. The van der Waals surface area contributed by atoms with Crippen LogP contribution >= 0.6 is 11.6 Å². The highest BCUT2D eigenvalue weighted by Crippen LogP contribution is 2.17. The number of nitrogens with zero attached hydrogens (tertiary/aromatic N) is 3. The third-order valence-corrected chi connectivity index (χ3v) is 2.61. The van der Waals surface area contributed by atoms with Crippen molar-refractivity contribution < 1.29 is 4.74 Å². The van der Waals surface area contributed by atoms with E-state index in [-0.39, 0.29) is 5.28 Å². The van der Waals surface area contributed by atoms with Gasteiger partial charge in [-0.05, 0) is 18.0 Å². The van der Waals surface area contributed by atoms with Gasteiger partial charge in [-0.15, -0.1) is 0 Å². The molecule has 6 nitrogen and oxygen atoms in total. The first kappa shape index (κ1) is 13.0. The number of aromatic amines is 1. The summed E-state index contributed by atoms with van der Waals surface area (Å²) in [5.41, 5.74) is 1.32. The first-order valence-electron chi connectivity index (χ1n) is 5.99. The van der Waals surface area contributed by atoms with Crippen molar-refractivity contribution in [3.63, 3.8) is 0 Å². The molecule has 2 N–H and O–H groups in total. The normalized spacial score (nSPS) is 11.0. The molecule has 0 atom stereocenters. The van der Waals surface area contributed by atoms with Crippen LogP contribution in [0.15, 0.2) is 6.33 Å². The minimum atomic E-state index is 0.184. The minimum Gasteiger partial charge on any atom is -0.380 e. The fourth-order valence-electron chi connectivity index (χ4n) is 1.52. The lowest BCUT2D eigenvalue weighted by atomic mass is 10.4. The van der Waals surface area contributed by atoms with Gasteiger partial charge < -0.3 is 15.0 Å². The van der Waals surface area contributed by atoms with Crippen LogP contribution < -0.4 is 5.32 Å². The lowest BCUT2D eigenvalue weighted by Crippen LogP contribution is -2.11. The van der Waals surface area contributed by atoms with Crippen LogP contribution in [0, 0.1) is 0 Å². The Balaban J connectivity index is 1.89. The van der Waals surface area contributed by atoms with Gasteiger partial charge in [-0.25, -0.2) is 4.98 Å². The molecule has 0 radical (unpaired) electrons. The molecule has 2 aromatic rings. The van der Waals surface area contributed by atoms with Crippen molar-refractivity contribution in [3.05, 3.63) is 11.6 Å². The number of ether oxygens (including phenoxy) is 1. The van der Waals surface area contributed by atoms with Gasteiger partial charge in [0.2, 0.25) is 5.28 Å². The predicted octanol–water partition coefficient (Wildman–Crippen LogP) is 2.23. The maximum Gasteiger partial charge on any atom is 0.226 e. The highest BCUT2D eigenvalue weighted by atomic mass is 35.5. The molecule has 0 aliphatic rings. The second-order valence-electron chi connectivity index (χ2n) is 3.84. The number of halogens is 1. The minimum absolute atomic E-state index is 0.184. The van der Waals surface area contributed by atoms with Gasteiger partial charge in [0.15, 0.2) is 11.5 Å². The fraction of sp³-hybridized carbons (Fsp3) is 0.545. The van der Waals surface area contributed by atoms with Gasteiger partial charge in [-0.1, -0.05) is 13.3 Å². The molecule has 0 aliphatic heterocycles. The number of anilines is 1. The van der Waals surface area contributed by atoms with E-state index in [1.165, 1.54) is 0 Å². The zero-order valence-electron chi connectivity index (χ0n) is 10.2. The van der Waals surface area contributed by atoms with Crippen LogP contribution in [0.4, 0.5) is 5.82 Å². The summed E-state index contributed by atoms with van der Waals surface area (Å²) in [4.78, 5) is 15.2. The highest BCUT2D eigenvalue weighted by molar-refractivity contribution is 6.28. The molecule has 2 rings (SSSR count). The van der Waals surface area contributed by atoms with Gasteiger partial charge in [0.1, 0.15) is 5.52 Å². The van der Waals surface area contributed by atoms with E-state index in [0.29, 0.717) is 24.6 Å². The average Bonchev–Trinajstić information content (AvgIpc) is 2.81. The van der Waals surface area contributed by atoms with Crippen LogP contribution in [-0.4, -0.2) is 39.7 Å². The quantitative estimate of drug-likeness (QED) is 0.595. The molecule has 0 fully saturated rings. The largest absolute Gasteiger partial charge is 0.380 e. The van der Waals surface area contributed by atoms with E-state index in [0.717, 1.165) is 25.0 Å². The number of nitrogens with one attached hydrogen (secondary N) is 2. The Morgan fingerprint density at radius 2 is 2.28 bits per heavy atom. The summed E-state index contributed by atoms with van der Waals surface area (Å²) in [6.45, 7) is 4.24. The van der Waals surface area contributed by atoms with E-state index in [1.807, 2.05) is 0 Å². The van der Waals surface area contributed by atoms with Crippen LogP contribution in [0.25, 0.3) is 11.2 Å². The Bertz CT molecular complexity index is 501. The van der Waals surface area contributed by atoms with Gasteiger partial charge in [-0.3, -0.25) is 0 Å². The molecule has 0 unspecified atom stereocenters. The number of hydrogen-bond acceptors (Lipinski definition) is 5. The summed E-state index contributed by atoms with van der Waals surface area (Å²) in [6, 6.07) is 0. The molecule has 0 aliphatic carbocycles. The number of aromatic nitrogens is 4. The summed E-state index contributed by atoms with van der Waals surface area (Å²) >= 11 is 5.81. The Morgan fingerprint density at radius 1 is 1.39 bits per heavy atom. The van der Waals surface area contributed by atoms with E-state index in [9.17, 15) is 0 Å². The van der Waals surface area contributed by atoms with Crippen LogP contribution in [0.1, 0.15) is 19.8 Å². The Hall–Kier alpha value is -1.40. The lowest BCUT2D eigenvalue weighted by Gasteiger charge is -2.07. The highest BCUT2D eigenvalue weighted by Gasteiger charge is 2.07. The molecular weight excluding hydrogens is 254 g/mol. The van der Waals surface area contributed by atoms with Gasteiger partial charge in [0.25, 0.3) is 0 Å². The maximum atomic E-state index is 5.81. The lowest BCUT2D eigenvalue weighted by molar-refractivity contribution is 0.141. The van der Waals surface area contributed by atoms with Crippen molar-refractivity contribution in [2.24, 2.45) is 0 Å². The number of rotatable bonds is 7. The molecule has 18 heavy (non-hydrogen) atoms. The van der Waals surface area contributed by atoms with Crippen LogP contribution in [0.5, 0.6) is 0 Å². The van der Waals surface area contributed by atoms with Crippen molar-refractivity contribution in [2.75, 3.05) is 25.1 Å². The van der Waals surface area contributed by atoms with E-state index in [1.54, 1.807) is 6.33 Å². The van der Waals surface area contributed by atoms with Crippen LogP contribution in [0.2, 0.25) is 5.28 Å². The topological polar surface area (TPSA) is 75.7 Å². The molecule has 0 bridgehead atoms. The molecule has 2 heterocycles.